The number of phenolic OH excluding ortho intramolecular Hbond substituents is 1. The average Bonchev–Trinajstić information content (AvgIpc) is 3.27. The Morgan fingerprint density at radius 3 is 2.41 bits per heavy atom. The fourth-order valence-corrected chi connectivity index (χ4v) is 7.03. The van der Waals surface area contributed by atoms with Crippen molar-refractivity contribution in [2.75, 3.05) is 0 Å². The third kappa shape index (κ3) is 5.01. The van der Waals surface area contributed by atoms with Crippen LogP contribution in [0.2, 0.25) is 0 Å². The van der Waals surface area contributed by atoms with E-state index in [-0.39, 0.29) is 22.7 Å². The molecule has 1 aliphatic heterocycles. The number of hydrogen-bond acceptors (Lipinski definition) is 4. The number of aromatic hydroxyl groups is 1. The van der Waals surface area contributed by atoms with E-state index in [1.807, 2.05) is 13.0 Å². The molecule has 1 aromatic carbocycles. The highest BCUT2D eigenvalue weighted by Gasteiger charge is 2.61. The second-order valence-electron chi connectivity index (χ2n) is 13.3. The van der Waals surface area contributed by atoms with E-state index in [1.54, 1.807) is 0 Å². The first-order chi connectivity index (χ1) is 17.2. The number of carbonyl (C=O) groups excluding carboxylic acids is 1. The van der Waals surface area contributed by atoms with Crippen LogP contribution in [-0.4, -0.2) is 22.8 Å². The van der Waals surface area contributed by atoms with Crippen LogP contribution in [0.25, 0.3) is 0 Å². The number of rotatable bonds is 6. The zero-order valence-electron chi connectivity index (χ0n) is 24.4. The molecule has 0 amide bonds. The molecule has 4 nitrogen and oxygen atoms in total. The lowest BCUT2D eigenvalue weighted by Crippen LogP contribution is -2.43. The molecule has 0 aromatic heterocycles. The van der Waals surface area contributed by atoms with Crippen molar-refractivity contribution in [3.8, 4) is 11.5 Å². The molecule has 0 unspecified atom stereocenters. The summed E-state index contributed by atoms with van der Waals surface area (Å²) in [7, 11) is 0. The van der Waals surface area contributed by atoms with Gasteiger partial charge in [-0.2, -0.15) is 0 Å². The van der Waals surface area contributed by atoms with E-state index in [0.29, 0.717) is 30.1 Å². The van der Waals surface area contributed by atoms with Gasteiger partial charge >= 0.3 is 5.97 Å². The summed E-state index contributed by atoms with van der Waals surface area (Å²) < 4.78 is 13.0. The molecule has 0 spiro atoms. The zero-order valence-corrected chi connectivity index (χ0v) is 24.4. The van der Waals surface area contributed by atoms with Crippen molar-refractivity contribution >= 4 is 5.97 Å². The molecule has 2 fully saturated rings. The molecule has 1 heterocycles. The maximum atomic E-state index is 13.8. The molecule has 2 aliphatic carbocycles. The monoisotopic (exact) mass is 506 g/mol. The number of ether oxygens (including phenoxy) is 2. The summed E-state index contributed by atoms with van der Waals surface area (Å²) >= 11 is 0. The van der Waals surface area contributed by atoms with Crippen molar-refractivity contribution in [1.82, 2.24) is 0 Å². The van der Waals surface area contributed by atoms with Crippen molar-refractivity contribution in [3.63, 3.8) is 0 Å². The third-order valence-corrected chi connectivity index (χ3v) is 9.26. The van der Waals surface area contributed by atoms with Crippen molar-refractivity contribution in [2.45, 2.75) is 113 Å². The molecule has 1 N–H and O–H groups in total. The fraction of sp³-hybridized carbons (Fsp3) is 0.606. The van der Waals surface area contributed by atoms with Gasteiger partial charge in [0.1, 0.15) is 28.8 Å². The largest absolute Gasteiger partial charge is 0.507 e. The topological polar surface area (TPSA) is 55.8 Å². The number of fused-ring (bicyclic) bond motifs is 3. The van der Waals surface area contributed by atoms with Gasteiger partial charge in [-0.15, -0.1) is 0 Å². The first-order valence-electron chi connectivity index (χ1n) is 13.9. The highest BCUT2D eigenvalue weighted by Crippen LogP contribution is 2.63. The SMILES string of the molecule is CC(C)=C/C=C/[C@]1(C)CCc2c(O)c(C(=O)O[C@@H]3C(C)(C)[C@@H]4CC[C@@]3(C)C4)c(C)c(CC=C(C)C)c2O1. The van der Waals surface area contributed by atoms with Crippen LogP contribution in [0.1, 0.15) is 108 Å². The Morgan fingerprint density at radius 2 is 1.81 bits per heavy atom. The number of phenols is 1. The number of carbonyl (C=O) groups is 1. The van der Waals surface area contributed by atoms with E-state index in [2.05, 4.69) is 73.6 Å². The number of hydrogen-bond donors (Lipinski definition) is 1. The summed E-state index contributed by atoms with van der Waals surface area (Å²) in [4.78, 5) is 13.8. The summed E-state index contributed by atoms with van der Waals surface area (Å²) in [6, 6.07) is 0. The summed E-state index contributed by atoms with van der Waals surface area (Å²) in [6.45, 7) is 19.0. The van der Waals surface area contributed by atoms with Gasteiger partial charge in [-0.05, 0) is 97.6 Å². The van der Waals surface area contributed by atoms with Gasteiger partial charge in [0.25, 0.3) is 0 Å². The lowest BCUT2D eigenvalue weighted by atomic mass is 9.70. The van der Waals surface area contributed by atoms with Crippen LogP contribution in [0.5, 0.6) is 11.5 Å². The average molecular weight is 507 g/mol. The van der Waals surface area contributed by atoms with E-state index in [4.69, 9.17) is 9.47 Å². The van der Waals surface area contributed by atoms with Gasteiger partial charge in [-0.1, -0.05) is 50.1 Å². The predicted molar refractivity (Wildman–Crippen MR) is 150 cm³/mol. The van der Waals surface area contributed by atoms with Gasteiger partial charge in [0, 0.05) is 22.0 Å². The van der Waals surface area contributed by atoms with Crippen LogP contribution in [0, 0.1) is 23.7 Å². The number of esters is 1. The first-order valence-corrected chi connectivity index (χ1v) is 13.9. The van der Waals surface area contributed by atoms with E-state index in [0.717, 1.165) is 36.0 Å². The second kappa shape index (κ2) is 9.67. The first kappa shape index (κ1) is 27.5. The van der Waals surface area contributed by atoms with E-state index >= 15 is 0 Å². The minimum atomic E-state index is -0.485. The molecule has 1 aromatic rings. The smallest absolute Gasteiger partial charge is 0.342 e. The second-order valence-corrected chi connectivity index (χ2v) is 13.3. The van der Waals surface area contributed by atoms with Gasteiger partial charge in [0.05, 0.1) is 0 Å². The maximum Gasteiger partial charge on any atom is 0.342 e. The molecule has 4 heteroatoms. The minimum absolute atomic E-state index is 0.00893. The molecular formula is C33H46O4. The molecular weight excluding hydrogens is 460 g/mol. The minimum Gasteiger partial charge on any atom is -0.507 e. The highest BCUT2D eigenvalue weighted by molar-refractivity contribution is 5.96. The molecule has 0 saturated heterocycles. The Morgan fingerprint density at radius 1 is 1.11 bits per heavy atom. The molecule has 0 radical (unpaired) electrons. The summed E-state index contributed by atoms with van der Waals surface area (Å²) in [5.74, 6) is 0.916. The van der Waals surface area contributed by atoms with Gasteiger partial charge < -0.3 is 14.6 Å². The molecule has 4 rings (SSSR count). The van der Waals surface area contributed by atoms with Crippen molar-refractivity contribution in [1.29, 1.82) is 0 Å². The summed E-state index contributed by atoms with van der Waals surface area (Å²) in [5.41, 5.74) is 4.63. The lowest BCUT2D eigenvalue weighted by molar-refractivity contribution is -0.0586. The van der Waals surface area contributed by atoms with Gasteiger partial charge in [-0.3, -0.25) is 0 Å². The van der Waals surface area contributed by atoms with Gasteiger partial charge in [0.2, 0.25) is 0 Å². The van der Waals surface area contributed by atoms with Crippen LogP contribution >= 0.6 is 0 Å². The Balaban J connectivity index is 1.75. The van der Waals surface area contributed by atoms with Crippen LogP contribution < -0.4 is 4.74 Å². The van der Waals surface area contributed by atoms with Crippen molar-refractivity contribution in [2.24, 2.45) is 16.7 Å². The Bertz CT molecular complexity index is 1170. The molecule has 3 aliphatic rings. The van der Waals surface area contributed by atoms with Gasteiger partial charge in [-0.25, -0.2) is 4.79 Å². The van der Waals surface area contributed by atoms with Crippen LogP contribution in [-0.2, 0) is 17.6 Å². The summed E-state index contributed by atoms with van der Waals surface area (Å²) in [6.07, 6.45) is 13.6. The van der Waals surface area contributed by atoms with Crippen LogP contribution in [0.15, 0.2) is 35.5 Å². The molecule has 4 atom stereocenters. The van der Waals surface area contributed by atoms with Crippen LogP contribution in [0.4, 0.5) is 0 Å². The third-order valence-electron chi connectivity index (χ3n) is 9.26. The lowest BCUT2D eigenvalue weighted by Gasteiger charge is -2.42. The maximum absolute atomic E-state index is 13.8. The van der Waals surface area contributed by atoms with Crippen LogP contribution in [0.3, 0.4) is 0 Å². The van der Waals surface area contributed by atoms with Crippen molar-refractivity contribution < 1.29 is 19.4 Å². The zero-order chi connectivity index (χ0) is 27.3. The fourth-order valence-electron chi connectivity index (χ4n) is 7.03. The predicted octanol–water partition coefficient (Wildman–Crippen LogP) is 8.19. The standard InChI is InChI=1S/C33H46O4/c1-20(2)11-10-16-33(9)18-15-25-27(34)26(22(5)24(28(25)37-33)13-12-21(3)4)29(35)36-30-31(6,7)23-14-17-32(30,8)19-23/h10-12,16,23,30,34H,13-15,17-19H2,1-9H3/b16-10+/t23-,30-,32+,33-/m1/s1. The Hall–Kier alpha value is -2.49. The normalized spacial score (nSPS) is 29.5. The van der Waals surface area contributed by atoms with Crippen molar-refractivity contribution in [3.05, 3.63) is 57.7 Å². The number of allylic oxidation sites excluding steroid dienone is 5. The quantitative estimate of drug-likeness (QED) is 0.240. The Labute approximate surface area is 223 Å². The van der Waals surface area contributed by atoms with Gasteiger partial charge in [0.15, 0.2) is 0 Å². The van der Waals surface area contributed by atoms with E-state index in [9.17, 15) is 9.90 Å². The Kier molecular flexibility index (Phi) is 7.20. The molecule has 37 heavy (non-hydrogen) atoms. The molecule has 2 bridgehead atoms. The molecule has 2 saturated carbocycles. The number of benzene rings is 1. The summed E-state index contributed by atoms with van der Waals surface area (Å²) in [5, 5.41) is 11.5. The highest BCUT2D eigenvalue weighted by atomic mass is 16.5. The van der Waals surface area contributed by atoms with E-state index in [1.165, 1.54) is 17.6 Å². The molecule has 202 valence electrons. The van der Waals surface area contributed by atoms with E-state index < -0.39 is 11.6 Å².